The van der Waals surface area contributed by atoms with E-state index in [-0.39, 0.29) is 42.1 Å². The van der Waals surface area contributed by atoms with Crippen molar-refractivity contribution in [3.63, 3.8) is 0 Å². The van der Waals surface area contributed by atoms with Gasteiger partial charge in [0.15, 0.2) is 0 Å². The van der Waals surface area contributed by atoms with Crippen molar-refractivity contribution < 1.29 is 23.1 Å². The number of nitrogens with one attached hydrogen (secondary N) is 1. The van der Waals surface area contributed by atoms with Crippen LogP contribution in [0.3, 0.4) is 0 Å². The predicted octanol–water partition coefficient (Wildman–Crippen LogP) is 2.30. The molecule has 0 spiro atoms. The summed E-state index contributed by atoms with van der Waals surface area (Å²) in [5.41, 5.74) is 9.71. The van der Waals surface area contributed by atoms with Crippen LogP contribution in [0.15, 0.2) is 71.6 Å². The molecule has 0 bridgehead atoms. The number of nitrogen functional groups attached to an aromatic ring is 1. The van der Waals surface area contributed by atoms with Crippen LogP contribution in [0.25, 0.3) is 22.0 Å². The first-order valence-corrected chi connectivity index (χ1v) is 15.1. The van der Waals surface area contributed by atoms with Crippen LogP contribution >= 0.6 is 0 Å². The number of amides is 2. The van der Waals surface area contributed by atoms with Gasteiger partial charge >= 0.3 is 0 Å². The highest BCUT2D eigenvalue weighted by Gasteiger charge is 2.40. The number of hydrogen-bond donors (Lipinski definition) is 3. The van der Waals surface area contributed by atoms with E-state index in [1.807, 2.05) is 24.3 Å². The van der Waals surface area contributed by atoms with Crippen molar-refractivity contribution >= 4 is 38.7 Å². The minimum atomic E-state index is -4.08. The Balaban J connectivity index is 1.39. The maximum atomic E-state index is 14.0. The van der Waals surface area contributed by atoms with Crippen molar-refractivity contribution in [2.45, 2.75) is 36.9 Å². The number of aliphatic hydroxyl groups excluding tert-OH is 1. The Labute approximate surface area is 243 Å². The van der Waals surface area contributed by atoms with Crippen LogP contribution in [-0.2, 0) is 27.9 Å². The zero-order valence-corrected chi connectivity index (χ0v) is 23.5. The molecule has 0 radical (unpaired) electrons. The number of aliphatic hydroxyl groups is 1. The molecule has 3 aromatic carbocycles. The maximum absolute atomic E-state index is 14.0. The van der Waals surface area contributed by atoms with Crippen LogP contribution in [0, 0.1) is 0 Å². The number of hydrogen-bond acceptors (Lipinski definition) is 8. The van der Waals surface area contributed by atoms with E-state index in [2.05, 4.69) is 15.3 Å². The minimum absolute atomic E-state index is 0.0298. The Hall–Kier alpha value is -4.39. The lowest BCUT2D eigenvalue weighted by atomic mass is 10.0. The monoisotopic (exact) mass is 586 g/mol. The molecule has 1 fully saturated rings. The number of benzene rings is 3. The van der Waals surface area contributed by atoms with Gasteiger partial charge < -0.3 is 21.1 Å². The van der Waals surface area contributed by atoms with Crippen LogP contribution in [-0.4, -0.2) is 70.3 Å². The van der Waals surface area contributed by atoms with Crippen molar-refractivity contribution in [2.24, 2.45) is 0 Å². The Morgan fingerprint density at radius 2 is 1.71 bits per heavy atom. The molecule has 1 atom stereocenters. The van der Waals surface area contributed by atoms with Crippen molar-refractivity contribution in [3.05, 3.63) is 83.6 Å². The molecule has 2 aliphatic rings. The summed E-state index contributed by atoms with van der Waals surface area (Å²) in [7, 11) is -4.08. The van der Waals surface area contributed by atoms with Crippen molar-refractivity contribution in [3.8, 4) is 11.1 Å². The number of fused-ring (bicyclic) bond motifs is 2. The summed E-state index contributed by atoms with van der Waals surface area (Å²) in [6.07, 6.45) is 0.929. The molecule has 216 valence electrons. The van der Waals surface area contributed by atoms with Crippen LogP contribution < -0.4 is 11.1 Å². The molecule has 12 heteroatoms. The number of anilines is 1. The van der Waals surface area contributed by atoms with E-state index in [0.29, 0.717) is 48.0 Å². The van der Waals surface area contributed by atoms with E-state index in [1.165, 1.54) is 10.4 Å². The van der Waals surface area contributed by atoms with Crippen molar-refractivity contribution in [1.82, 2.24) is 24.5 Å². The van der Waals surface area contributed by atoms with Crippen LogP contribution in [0.2, 0.25) is 0 Å². The summed E-state index contributed by atoms with van der Waals surface area (Å²) in [4.78, 5) is 36.8. The first-order chi connectivity index (χ1) is 20.3. The number of carbonyl (C=O) groups is 2. The number of nitrogens with zero attached hydrogens (tertiary/aromatic N) is 4. The first-order valence-electron chi connectivity index (χ1n) is 13.7. The Kier molecular flexibility index (Phi) is 7.35. The van der Waals surface area contributed by atoms with Crippen LogP contribution in [0.5, 0.6) is 0 Å². The second-order valence-electron chi connectivity index (χ2n) is 10.4. The van der Waals surface area contributed by atoms with Crippen molar-refractivity contribution in [1.29, 1.82) is 0 Å². The molecule has 1 saturated heterocycles. The molecule has 2 amide bonds. The summed E-state index contributed by atoms with van der Waals surface area (Å²) in [5, 5.41) is 12.1. The predicted molar refractivity (Wildman–Crippen MR) is 156 cm³/mol. The summed E-state index contributed by atoms with van der Waals surface area (Å²) in [6, 6.07) is 18.7. The fourth-order valence-corrected chi connectivity index (χ4v) is 7.62. The van der Waals surface area contributed by atoms with Crippen LogP contribution in [0.4, 0.5) is 5.95 Å². The normalized spacial score (nSPS) is 17.0. The summed E-state index contributed by atoms with van der Waals surface area (Å²) >= 11 is 0. The van der Waals surface area contributed by atoms with Gasteiger partial charge in [0.2, 0.25) is 21.9 Å². The van der Waals surface area contributed by atoms with Gasteiger partial charge in [-0.2, -0.15) is 4.31 Å². The fourth-order valence-electron chi connectivity index (χ4n) is 5.75. The molecule has 4 N–H and O–H groups in total. The van der Waals surface area contributed by atoms with Crippen LogP contribution in [0.1, 0.15) is 34.5 Å². The smallest absolute Gasteiger partial charge is 0.273 e. The molecular formula is C30H30N6O5S. The Bertz CT molecular complexity index is 1790. The van der Waals surface area contributed by atoms with Gasteiger partial charge in [-0.05, 0) is 47.7 Å². The summed E-state index contributed by atoms with van der Waals surface area (Å²) in [6.45, 7) is 0.915. The number of aromatic nitrogens is 2. The van der Waals surface area contributed by atoms with Gasteiger partial charge in [-0.15, -0.1) is 0 Å². The first kappa shape index (κ1) is 27.8. The molecule has 4 aromatic rings. The lowest BCUT2D eigenvalue weighted by molar-refractivity contribution is -0.124. The zero-order valence-electron chi connectivity index (χ0n) is 22.7. The highest BCUT2D eigenvalue weighted by Crippen LogP contribution is 2.35. The molecular weight excluding hydrogens is 556 g/mol. The third kappa shape index (κ3) is 4.97. The maximum Gasteiger partial charge on any atom is 0.273 e. The molecule has 1 aromatic heterocycles. The third-order valence-corrected chi connectivity index (χ3v) is 9.71. The van der Waals surface area contributed by atoms with Gasteiger partial charge in [0, 0.05) is 37.1 Å². The summed E-state index contributed by atoms with van der Waals surface area (Å²) in [5.74, 6) is -0.759. The highest BCUT2D eigenvalue weighted by molar-refractivity contribution is 7.89. The summed E-state index contributed by atoms with van der Waals surface area (Å²) < 4.78 is 29.2. The SMILES string of the molecule is Nc1nc(C(=O)N2Cc3ccccc3C2)c2cc(-c3ccccc3S(=O)(=O)N3CCC[C@H]3C(=O)NCCO)ccc2n1. The molecule has 3 heterocycles. The second-order valence-corrected chi connectivity index (χ2v) is 12.2. The fraction of sp³-hybridized carbons (Fsp3) is 0.267. The average molecular weight is 587 g/mol. The van der Waals surface area contributed by atoms with E-state index in [4.69, 9.17) is 10.8 Å². The quantitative estimate of drug-likeness (QED) is 0.298. The number of sulfonamides is 1. The largest absolute Gasteiger partial charge is 0.395 e. The molecule has 0 saturated carbocycles. The van der Waals surface area contributed by atoms with E-state index in [9.17, 15) is 18.0 Å². The van der Waals surface area contributed by atoms with Gasteiger partial charge in [-0.1, -0.05) is 48.5 Å². The molecule has 0 aliphatic carbocycles. The number of rotatable bonds is 7. The van der Waals surface area contributed by atoms with Gasteiger partial charge in [0.1, 0.15) is 11.7 Å². The van der Waals surface area contributed by atoms with Gasteiger partial charge in [-0.3, -0.25) is 9.59 Å². The number of carbonyl (C=O) groups excluding carboxylic acids is 2. The second kappa shape index (κ2) is 11.1. The Morgan fingerprint density at radius 1 is 1.00 bits per heavy atom. The Morgan fingerprint density at radius 3 is 2.45 bits per heavy atom. The zero-order chi connectivity index (χ0) is 29.4. The standard InChI is InChI=1S/C30H30N6O5S/c31-30-33-24-12-11-19(16-23(24)27(34-30)29(39)35-17-20-6-1-2-7-21(20)18-35)22-8-3-4-10-26(22)42(40,41)36-14-5-9-25(36)28(38)32-13-15-37/h1-4,6-8,10-12,16,25,37H,5,9,13-15,17-18H2,(H,32,38)(H2,31,33,34)/t25-/m0/s1. The van der Waals surface area contributed by atoms with E-state index >= 15 is 0 Å². The van der Waals surface area contributed by atoms with Crippen molar-refractivity contribution in [2.75, 3.05) is 25.4 Å². The molecule has 0 unspecified atom stereocenters. The minimum Gasteiger partial charge on any atom is -0.395 e. The molecule has 42 heavy (non-hydrogen) atoms. The molecule has 2 aliphatic heterocycles. The molecule has 11 nitrogen and oxygen atoms in total. The molecule has 6 rings (SSSR count). The van der Waals surface area contributed by atoms with Gasteiger partial charge in [0.25, 0.3) is 5.91 Å². The van der Waals surface area contributed by atoms with E-state index < -0.39 is 22.0 Å². The number of nitrogens with two attached hydrogens (primary N) is 1. The lowest BCUT2D eigenvalue weighted by Crippen LogP contribution is -2.46. The topological polar surface area (TPSA) is 159 Å². The van der Waals surface area contributed by atoms with E-state index in [1.54, 1.807) is 41.3 Å². The van der Waals surface area contributed by atoms with Gasteiger partial charge in [-0.25, -0.2) is 18.4 Å². The highest BCUT2D eigenvalue weighted by atomic mass is 32.2. The lowest BCUT2D eigenvalue weighted by Gasteiger charge is -2.24. The average Bonchev–Trinajstić information content (AvgIpc) is 3.67. The van der Waals surface area contributed by atoms with E-state index in [0.717, 1.165) is 11.1 Å². The third-order valence-electron chi connectivity index (χ3n) is 7.75. The van der Waals surface area contributed by atoms with Gasteiger partial charge in [0.05, 0.1) is 17.0 Å².